The number of carboxylic acid groups (broad SMARTS) is 1. The molecule has 0 unspecified atom stereocenters. The van der Waals surface area contributed by atoms with Crippen molar-refractivity contribution in [2.24, 2.45) is 7.05 Å². The average molecular weight is 455 g/mol. The number of aldehydes is 1. The monoisotopic (exact) mass is 454 g/mol. The molecule has 4 rings (SSSR count). The van der Waals surface area contributed by atoms with Crippen LogP contribution in [0.1, 0.15) is 34.1 Å². The van der Waals surface area contributed by atoms with Crippen LogP contribution >= 0.6 is 0 Å². The maximum atomic E-state index is 12.0. The number of rotatable bonds is 5. The molecule has 0 atom stereocenters. The molecule has 166 valence electrons. The molecule has 0 saturated carbocycles. The second-order valence-electron chi connectivity index (χ2n) is 7.14. The van der Waals surface area contributed by atoms with E-state index in [2.05, 4.69) is 0 Å². The number of hydrogen-bond acceptors (Lipinski definition) is 5. The van der Waals surface area contributed by atoms with E-state index in [1.807, 2.05) is 13.0 Å². The number of hydrogen-bond donors (Lipinski definition) is 1. The Hall–Kier alpha value is -3.72. The van der Waals surface area contributed by atoms with Crippen molar-refractivity contribution in [3.63, 3.8) is 0 Å². The normalized spacial score (nSPS) is 11.2. The third kappa shape index (κ3) is 4.33. The van der Waals surface area contributed by atoms with Gasteiger partial charge in [0.05, 0.1) is 16.8 Å². The van der Waals surface area contributed by atoms with Crippen LogP contribution in [0.5, 0.6) is 0 Å². The third-order valence-electron chi connectivity index (χ3n) is 4.92. The number of para-hydroxylation sites is 2. The van der Waals surface area contributed by atoms with Crippen molar-refractivity contribution in [1.82, 2.24) is 8.54 Å². The molecule has 8 nitrogen and oxygen atoms in total. The van der Waals surface area contributed by atoms with E-state index >= 15 is 0 Å². The quantitative estimate of drug-likeness (QED) is 0.463. The zero-order valence-electron chi connectivity index (χ0n) is 17.6. The summed E-state index contributed by atoms with van der Waals surface area (Å²) in [4.78, 5) is 33.4. The van der Waals surface area contributed by atoms with E-state index in [-0.39, 0.29) is 11.3 Å². The Labute approximate surface area is 184 Å². The van der Waals surface area contributed by atoms with Gasteiger partial charge >= 0.3 is 5.97 Å². The predicted octanol–water partition coefficient (Wildman–Crippen LogP) is 3.28. The lowest BCUT2D eigenvalue weighted by Crippen LogP contribution is -2.17. The second-order valence-corrected chi connectivity index (χ2v) is 9.10. The highest BCUT2D eigenvalue weighted by Gasteiger charge is 2.17. The summed E-state index contributed by atoms with van der Waals surface area (Å²) in [5.41, 5.74) is 1.06. The summed E-state index contributed by atoms with van der Waals surface area (Å²) in [6.45, 7) is 1.81. The van der Waals surface area contributed by atoms with Gasteiger partial charge in [-0.1, -0.05) is 37.3 Å². The number of nitrogens with zero attached hydrogens (tertiary/aromatic N) is 2. The van der Waals surface area contributed by atoms with Crippen molar-refractivity contribution >= 4 is 44.1 Å². The first kappa shape index (κ1) is 23.0. The summed E-state index contributed by atoms with van der Waals surface area (Å²) in [7, 11) is -1.65. The van der Waals surface area contributed by atoms with Gasteiger partial charge in [0.1, 0.15) is 5.56 Å². The Morgan fingerprint density at radius 1 is 1.00 bits per heavy atom. The van der Waals surface area contributed by atoms with E-state index in [9.17, 15) is 22.8 Å². The number of aromatic carboxylic acids is 1. The summed E-state index contributed by atoms with van der Waals surface area (Å²) in [6.07, 6.45) is 3.96. The van der Waals surface area contributed by atoms with E-state index < -0.39 is 21.4 Å². The topological polar surface area (TPSA) is 115 Å². The summed E-state index contributed by atoms with van der Waals surface area (Å²) in [6, 6.07) is 13.9. The molecular weight excluding hydrogens is 432 g/mol. The lowest BCUT2D eigenvalue weighted by Gasteiger charge is -2.05. The van der Waals surface area contributed by atoms with Crippen LogP contribution in [0.4, 0.5) is 0 Å². The number of aromatic nitrogens is 2. The van der Waals surface area contributed by atoms with Crippen LogP contribution in [0.3, 0.4) is 0 Å². The van der Waals surface area contributed by atoms with Crippen molar-refractivity contribution in [1.29, 1.82) is 0 Å². The van der Waals surface area contributed by atoms with Gasteiger partial charge in [-0.2, -0.15) is 0 Å². The van der Waals surface area contributed by atoms with Gasteiger partial charge in [-0.3, -0.25) is 9.59 Å². The fourth-order valence-electron chi connectivity index (χ4n) is 3.45. The van der Waals surface area contributed by atoms with Crippen molar-refractivity contribution < 1.29 is 23.1 Å². The highest BCUT2D eigenvalue weighted by Crippen LogP contribution is 2.22. The highest BCUT2D eigenvalue weighted by molar-refractivity contribution is 7.90. The van der Waals surface area contributed by atoms with Crippen molar-refractivity contribution in [2.75, 3.05) is 5.75 Å². The standard InChI is InChI=1S/C12H13NO3S.C11H9NO3/c1-2-7-17(15,16)13-8-10(9-14)11-5-3-4-6-12(11)13;1-12-6-8(11(14)15)10(13)7-4-2-3-5-9(7)12/h3-6,8-9H,2,7H2,1H3;2-6H,1H3,(H,14,15). The number of carbonyl (C=O) groups is 2. The lowest BCUT2D eigenvalue weighted by molar-refractivity contribution is 0.0694. The first-order valence-electron chi connectivity index (χ1n) is 9.81. The SMILES string of the molecule is CCCS(=O)(=O)n1cc(C=O)c2ccccc21.Cn1cc(C(=O)O)c(=O)c2ccccc21. The van der Waals surface area contributed by atoms with Gasteiger partial charge in [-0.15, -0.1) is 0 Å². The largest absolute Gasteiger partial charge is 0.477 e. The Morgan fingerprint density at radius 2 is 1.59 bits per heavy atom. The highest BCUT2D eigenvalue weighted by atomic mass is 32.2. The lowest BCUT2D eigenvalue weighted by atomic mass is 10.1. The smallest absolute Gasteiger partial charge is 0.341 e. The summed E-state index contributed by atoms with van der Waals surface area (Å²) in [5, 5.41) is 9.94. The van der Waals surface area contributed by atoms with Crippen LogP contribution in [0.25, 0.3) is 21.8 Å². The van der Waals surface area contributed by atoms with Gasteiger partial charge in [0.15, 0.2) is 6.29 Å². The molecular formula is C23H22N2O6S. The van der Waals surface area contributed by atoms with Crippen LogP contribution in [-0.2, 0) is 17.1 Å². The molecule has 2 aromatic carbocycles. The fourth-order valence-corrected chi connectivity index (χ4v) is 4.89. The molecule has 0 fully saturated rings. The maximum absolute atomic E-state index is 12.0. The van der Waals surface area contributed by atoms with Gasteiger partial charge in [0.25, 0.3) is 0 Å². The summed E-state index contributed by atoms with van der Waals surface area (Å²) < 4.78 is 26.9. The molecule has 32 heavy (non-hydrogen) atoms. The van der Waals surface area contributed by atoms with Crippen molar-refractivity contribution in [2.45, 2.75) is 13.3 Å². The van der Waals surface area contributed by atoms with Crippen molar-refractivity contribution in [3.05, 3.63) is 82.3 Å². The molecule has 2 aromatic heterocycles. The Morgan fingerprint density at radius 3 is 2.19 bits per heavy atom. The molecule has 0 amide bonds. The van der Waals surface area contributed by atoms with Crippen LogP contribution < -0.4 is 5.43 Å². The molecule has 2 heterocycles. The molecule has 0 aliphatic carbocycles. The van der Waals surface area contributed by atoms with Crippen LogP contribution in [-0.4, -0.2) is 40.1 Å². The molecule has 0 bridgehead atoms. The van der Waals surface area contributed by atoms with E-state index in [1.165, 1.54) is 16.4 Å². The number of benzene rings is 2. The van der Waals surface area contributed by atoms with E-state index in [1.54, 1.807) is 54.1 Å². The number of aryl methyl sites for hydroxylation is 1. The van der Waals surface area contributed by atoms with E-state index in [0.29, 0.717) is 34.6 Å². The number of carbonyl (C=O) groups excluding carboxylic acids is 1. The minimum atomic E-state index is -3.37. The van der Waals surface area contributed by atoms with Gasteiger partial charge in [0, 0.05) is 35.8 Å². The molecule has 1 N–H and O–H groups in total. The molecule has 0 aliphatic rings. The third-order valence-corrected chi connectivity index (χ3v) is 6.75. The average Bonchev–Trinajstić information content (AvgIpc) is 3.16. The zero-order chi connectivity index (χ0) is 23.5. The van der Waals surface area contributed by atoms with Crippen LogP contribution in [0.15, 0.2) is 65.7 Å². The molecule has 0 radical (unpaired) electrons. The van der Waals surface area contributed by atoms with Crippen LogP contribution in [0.2, 0.25) is 0 Å². The maximum Gasteiger partial charge on any atom is 0.341 e. The Bertz CT molecular complexity index is 1480. The first-order valence-corrected chi connectivity index (χ1v) is 11.4. The fraction of sp³-hybridized carbons (Fsp3) is 0.174. The second kappa shape index (κ2) is 9.19. The Kier molecular flexibility index (Phi) is 6.59. The minimum absolute atomic E-state index is 0.0734. The van der Waals surface area contributed by atoms with Gasteiger partial charge < -0.3 is 9.67 Å². The zero-order valence-corrected chi connectivity index (χ0v) is 18.4. The molecule has 9 heteroatoms. The molecule has 0 aliphatic heterocycles. The van der Waals surface area contributed by atoms with Crippen LogP contribution in [0, 0.1) is 0 Å². The number of carboxylic acids is 1. The Balaban J connectivity index is 0.000000182. The molecule has 4 aromatic rings. The minimum Gasteiger partial charge on any atom is -0.477 e. The molecule has 0 spiro atoms. The van der Waals surface area contributed by atoms with Gasteiger partial charge in [-0.05, 0) is 24.6 Å². The molecule has 0 saturated heterocycles. The summed E-state index contributed by atoms with van der Waals surface area (Å²) in [5.74, 6) is -1.12. The summed E-state index contributed by atoms with van der Waals surface area (Å²) >= 11 is 0. The van der Waals surface area contributed by atoms with E-state index in [0.717, 1.165) is 5.52 Å². The number of fused-ring (bicyclic) bond motifs is 2. The van der Waals surface area contributed by atoms with Gasteiger partial charge in [0.2, 0.25) is 15.5 Å². The predicted molar refractivity (Wildman–Crippen MR) is 123 cm³/mol. The van der Waals surface area contributed by atoms with Crippen molar-refractivity contribution in [3.8, 4) is 0 Å². The first-order chi connectivity index (χ1) is 15.2. The van der Waals surface area contributed by atoms with E-state index in [4.69, 9.17) is 5.11 Å². The number of pyridine rings is 1. The van der Waals surface area contributed by atoms with Gasteiger partial charge in [-0.25, -0.2) is 17.2 Å².